The van der Waals surface area contributed by atoms with Crippen molar-refractivity contribution < 1.29 is 22.8 Å². The first-order valence-corrected chi connectivity index (χ1v) is 9.92. The first kappa shape index (κ1) is 21.4. The van der Waals surface area contributed by atoms with Crippen LogP contribution < -0.4 is 21.3 Å². The number of thiazole rings is 1. The Morgan fingerprint density at radius 2 is 1.91 bits per heavy atom. The lowest BCUT2D eigenvalue weighted by Crippen LogP contribution is -2.37. The number of hydrogen-bond acceptors (Lipinski definition) is 8. The van der Waals surface area contributed by atoms with Crippen molar-refractivity contribution in [2.45, 2.75) is 6.42 Å². The molecule has 0 aliphatic rings. The Labute approximate surface area is 181 Å². The van der Waals surface area contributed by atoms with Gasteiger partial charge in [-0.05, 0) is 12.1 Å². The molecule has 4 aromatic rings. The van der Waals surface area contributed by atoms with Crippen molar-refractivity contribution in [1.82, 2.24) is 19.3 Å². The van der Waals surface area contributed by atoms with E-state index in [1.54, 1.807) is 0 Å². The van der Waals surface area contributed by atoms with E-state index in [-0.39, 0.29) is 39.6 Å². The second-order valence-corrected chi connectivity index (χ2v) is 7.60. The molecule has 0 radical (unpaired) electrons. The van der Waals surface area contributed by atoms with Gasteiger partial charge in [0.15, 0.2) is 33.9 Å². The van der Waals surface area contributed by atoms with Gasteiger partial charge >= 0.3 is 5.69 Å². The van der Waals surface area contributed by atoms with Crippen molar-refractivity contribution in [1.29, 1.82) is 0 Å². The molecule has 10 nitrogen and oxygen atoms in total. The van der Waals surface area contributed by atoms with Crippen LogP contribution in [0.15, 0.2) is 31.6 Å². The first-order chi connectivity index (χ1) is 15.2. The van der Waals surface area contributed by atoms with E-state index in [0.29, 0.717) is 0 Å². The Kier molecular flexibility index (Phi) is 5.34. The highest BCUT2D eigenvalue weighted by atomic mass is 32.1. The molecule has 3 heterocycles. The monoisotopic (exact) mass is 463 g/mol. The summed E-state index contributed by atoms with van der Waals surface area (Å²) in [5.74, 6) is -2.83. The van der Waals surface area contributed by atoms with Gasteiger partial charge in [-0.25, -0.2) is 18.6 Å². The fraction of sp³-hybridized carbons (Fsp3) is 0.211. The summed E-state index contributed by atoms with van der Waals surface area (Å²) in [5, 5.41) is 7.97. The van der Waals surface area contributed by atoms with Crippen molar-refractivity contribution in [3.63, 3.8) is 0 Å². The van der Waals surface area contributed by atoms with Gasteiger partial charge < -0.3 is 14.6 Å². The SMILES string of the molecule is COc1c(F)cc(-c2csc(NC(=O)Cc3onc4c3c(=O)n(C)c(=O)n4C)n2)cc1F. The topological polar surface area (TPSA) is 121 Å². The van der Waals surface area contributed by atoms with E-state index in [2.05, 4.69) is 20.2 Å². The van der Waals surface area contributed by atoms with Gasteiger partial charge in [-0.3, -0.25) is 18.7 Å². The fourth-order valence-electron chi connectivity index (χ4n) is 3.12. The van der Waals surface area contributed by atoms with E-state index < -0.39 is 34.5 Å². The Hall–Kier alpha value is -3.87. The third-order valence-corrected chi connectivity index (χ3v) is 5.48. The quantitative estimate of drug-likeness (QED) is 0.479. The molecule has 0 saturated carbocycles. The minimum atomic E-state index is -0.880. The first-order valence-electron chi connectivity index (χ1n) is 9.04. The predicted octanol–water partition coefficient (Wildman–Crippen LogP) is 1.82. The van der Waals surface area contributed by atoms with Crippen LogP contribution in [0.3, 0.4) is 0 Å². The number of fused-ring (bicyclic) bond motifs is 1. The molecule has 0 aliphatic carbocycles. The number of hydrogen-bond donors (Lipinski definition) is 1. The molecule has 0 unspecified atom stereocenters. The summed E-state index contributed by atoms with van der Waals surface area (Å²) in [6, 6.07) is 2.15. The standard InChI is InChI=1S/C19H15F2N5O5S/c1-25-16-14(17(28)26(2)19(25)29)12(31-24-16)6-13(27)23-18-22-11(7-32-18)8-4-9(20)15(30-3)10(21)5-8/h4-5,7H,6H2,1-3H3,(H,22,23,27). The van der Waals surface area contributed by atoms with Gasteiger partial charge in [-0.2, -0.15) is 0 Å². The van der Waals surface area contributed by atoms with E-state index in [1.807, 2.05) is 0 Å². The molecule has 0 aliphatic heterocycles. The third-order valence-electron chi connectivity index (χ3n) is 4.72. The molecule has 32 heavy (non-hydrogen) atoms. The summed E-state index contributed by atoms with van der Waals surface area (Å²) in [6.07, 6.45) is -0.343. The second kappa shape index (κ2) is 8.00. The second-order valence-electron chi connectivity index (χ2n) is 6.75. The summed E-state index contributed by atoms with van der Waals surface area (Å²) >= 11 is 1.04. The van der Waals surface area contributed by atoms with Gasteiger partial charge in [0.1, 0.15) is 5.39 Å². The van der Waals surface area contributed by atoms with E-state index in [1.165, 1.54) is 19.5 Å². The maximum atomic E-state index is 13.9. The number of amides is 1. The number of nitrogens with zero attached hydrogens (tertiary/aromatic N) is 4. The zero-order valence-corrected chi connectivity index (χ0v) is 17.7. The number of aryl methyl sites for hydroxylation is 1. The van der Waals surface area contributed by atoms with Gasteiger partial charge in [-0.1, -0.05) is 5.16 Å². The molecule has 4 rings (SSSR count). The van der Waals surface area contributed by atoms with Crippen LogP contribution in [-0.2, 0) is 25.3 Å². The summed E-state index contributed by atoms with van der Waals surface area (Å²) in [7, 11) is 3.89. The minimum Gasteiger partial charge on any atom is -0.491 e. The zero-order chi connectivity index (χ0) is 23.2. The molecule has 0 saturated heterocycles. The van der Waals surface area contributed by atoms with Crippen LogP contribution >= 0.6 is 11.3 Å². The highest BCUT2D eigenvalue weighted by Gasteiger charge is 2.21. The minimum absolute atomic E-state index is 0.00947. The number of ether oxygens (including phenoxy) is 1. The fourth-order valence-corrected chi connectivity index (χ4v) is 3.86. The summed E-state index contributed by atoms with van der Waals surface area (Å²) in [4.78, 5) is 41.0. The number of rotatable bonds is 5. The molecule has 1 amide bonds. The number of carbonyl (C=O) groups is 1. The van der Waals surface area contributed by atoms with Crippen LogP contribution in [0.25, 0.3) is 22.3 Å². The number of benzene rings is 1. The predicted molar refractivity (Wildman–Crippen MR) is 111 cm³/mol. The number of carbonyl (C=O) groups excluding carboxylic acids is 1. The van der Waals surface area contributed by atoms with E-state index in [0.717, 1.165) is 39.7 Å². The molecule has 3 aromatic heterocycles. The van der Waals surface area contributed by atoms with Crippen LogP contribution in [-0.4, -0.2) is 32.3 Å². The Morgan fingerprint density at radius 1 is 1.22 bits per heavy atom. The van der Waals surface area contributed by atoms with Crippen LogP contribution in [0.4, 0.5) is 13.9 Å². The Morgan fingerprint density at radius 3 is 2.56 bits per heavy atom. The molecule has 0 spiro atoms. The van der Waals surface area contributed by atoms with E-state index in [9.17, 15) is 23.2 Å². The molecule has 0 atom stereocenters. The lowest BCUT2D eigenvalue weighted by Gasteiger charge is -2.05. The number of nitrogens with one attached hydrogen (secondary N) is 1. The average Bonchev–Trinajstić information content (AvgIpc) is 3.38. The highest BCUT2D eigenvalue weighted by Crippen LogP contribution is 2.30. The largest absolute Gasteiger partial charge is 0.491 e. The molecular weight excluding hydrogens is 448 g/mol. The highest BCUT2D eigenvalue weighted by molar-refractivity contribution is 7.14. The number of methoxy groups -OCH3 is 1. The van der Waals surface area contributed by atoms with Gasteiger partial charge in [0.2, 0.25) is 5.91 Å². The lowest BCUT2D eigenvalue weighted by molar-refractivity contribution is -0.115. The molecular formula is C19H15F2N5O5S. The third kappa shape index (κ3) is 3.56. The zero-order valence-electron chi connectivity index (χ0n) is 16.9. The van der Waals surface area contributed by atoms with E-state index >= 15 is 0 Å². The van der Waals surface area contributed by atoms with Gasteiger partial charge in [0.25, 0.3) is 5.56 Å². The molecule has 13 heteroatoms. The lowest BCUT2D eigenvalue weighted by atomic mass is 10.1. The Balaban J connectivity index is 1.56. The molecule has 1 N–H and O–H groups in total. The summed E-state index contributed by atoms with van der Waals surface area (Å²) in [6.45, 7) is 0. The summed E-state index contributed by atoms with van der Waals surface area (Å²) < 4.78 is 39.7. The van der Waals surface area contributed by atoms with Crippen molar-refractivity contribution in [3.05, 3.63) is 55.7 Å². The van der Waals surface area contributed by atoms with Crippen molar-refractivity contribution in [2.75, 3.05) is 12.4 Å². The molecule has 0 bridgehead atoms. The normalized spacial score (nSPS) is 11.2. The maximum Gasteiger partial charge on any atom is 0.332 e. The average molecular weight is 463 g/mol. The smallest absolute Gasteiger partial charge is 0.332 e. The van der Waals surface area contributed by atoms with Gasteiger partial charge in [0.05, 0.1) is 19.2 Å². The number of anilines is 1. The van der Waals surface area contributed by atoms with E-state index in [4.69, 9.17) is 4.52 Å². The van der Waals surface area contributed by atoms with Crippen molar-refractivity contribution in [3.8, 4) is 17.0 Å². The van der Waals surface area contributed by atoms with Gasteiger partial charge in [-0.15, -0.1) is 11.3 Å². The molecule has 0 fully saturated rings. The molecule has 1 aromatic carbocycles. The van der Waals surface area contributed by atoms with Gasteiger partial charge in [0, 0.05) is 25.0 Å². The van der Waals surface area contributed by atoms with Crippen molar-refractivity contribution >= 4 is 33.4 Å². The van der Waals surface area contributed by atoms with Crippen molar-refractivity contribution in [2.24, 2.45) is 14.1 Å². The molecule has 166 valence electrons. The van der Waals surface area contributed by atoms with Crippen LogP contribution in [0, 0.1) is 11.6 Å². The summed E-state index contributed by atoms with van der Waals surface area (Å²) in [5.41, 5.74) is -0.760. The Bertz CT molecular complexity index is 1460. The van der Waals surface area contributed by atoms with Crippen LogP contribution in [0.5, 0.6) is 5.75 Å². The number of aromatic nitrogens is 4. The van der Waals surface area contributed by atoms with Crippen LogP contribution in [0.2, 0.25) is 0 Å². The maximum absolute atomic E-state index is 13.9. The van der Waals surface area contributed by atoms with Crippen LogP contribution in [0.1, 0.15) is 5.76 Å². The number of halogens is 2.